The summed E-state index contributed by atoms with van der Waals surface area (Å²) in [6.45, 7) is 1.72. The van der Waals surface area contributed by atoms with Crippen LogP contribution in [0.3, 0.4) is 0 Å². The number of ether oxygens (including phenoxy) is 1. The highest BCUT2D eigenvalue weighted by Gasteiger charge is 2.24. The van der Waals surface area contributed by atoms with Crippen molar-refractivity contribution in [2.45, 2.75) is 18.4 Å². The summed E-state index contributed by atoms with van der Waals surface area (Å²) in [5.74, 6) is 1.10. The van der Waals surface area contributed by atoms with Crippen molar-refractivity contribution in [2.24, 2.45) is 0 Å². The molecule has 0 aliphatic rings. The number of aromatic nitrogens is 2. The van der Waals surface area contributed by atoms with Crippen LogP contribution in [0.25, 0.3) is 11.4 Å². The zero-order valence-corrected chi connectivity index (χ0v) is 16.6. The lowest BCUT2D eigenvalue weighted by Crippen LogP contribution is -2.26. The molecule has 142 valence electrons. The molecule has 9 heteroatoms. The number of aryl methyl sites for hydroxylation is 1. The van der Waals surface area contributed by atoms with Crippen LogP contribution in [0.4, 0.5) is 0 Å². The first kappa shape index (κ1) is 19.3. The Kier molecular flexibility index (Phi) is 5.50. The number of sulfonamides is 1. The second-order valence-electron chi connectivity index (χ2n) is 5.88. The molecule has 0 fully saturated rings. The molecule has 0 spiro atoms. The van der Waals surface area contributed by atoms with Crippen LogP contribution in [0.5, 0.6) is 5.75 Å². The Morgan fingerprint density at radius 1 is 1.22 bits per heavy atom. The van der Waals surface area contributed by atoms with Crippen molar-refractivity contribution < 1.29 is 17.7 Å². The Hall–Kier alpha value is -2.42. The van der Waals surface area contributed by atoms with Crippen molar-refractivity contribution >= 4 is 21.6 Å². The molecule has 0 unspecified atom stereocenters. The molecule has 0 aliphatic heterocycles. The molecule has 27 heavy (non-hydrogen) atoms. The molecule has 0 saturated heterocycles. The average Bonchev–Trinajstić information content (AvgIpc) is 3.10. The summed E-state index contributed by atoms with van der Waals surface area (Å²) in [7, 11) is -0.735. The lowest BCUT2D eigenvalue weighted by atomic mass is 10.2. The number of rotatable bonds is 6. The molecule has 0 N–H and O–H groups in total. The third kappa shape index (κ3) is 3.97. The first-order valence-electron chi connectivity index (χ1n) is 8.01. The molecule has 3 aromatic rings. The van der Waals surface area contributed by atoms with Gasteiger partial charge in [-0.1, -0.05) is 28.9 Å². The molecule has 1 heterocycles. The quantitative estimate of drug-likeness (QED) is 0.621. The van der Waals surface area contributed by atoms with Gasteiger partial charge in [-0.05, 0) is 42.8 Å². The highest BCUT2D eigenvalue weighted by Crippen LogP contribution is 2.26. The minimum atomic E-state index is -3.72. The zero-order valence-electron chi connectivity index (χ0n) is 15.0. The predicted octanol–water partition coefficient (Wildman–Crippen LogP) is 3.53. The van der Waals surface area contributed by atoms with E-state index in [1.165, 1.54) is 20.2 Å². The molecule has 2 aromatic carbocycles. The molecular formula is C18H18ClN3O4S. The zero-order chi connectivity index (χ0) is 19.6. The lowest BCUT2D eigenvalue weighted by molar-refractivity contribution is 0.336. The molecule has 0 aliphatic carbocycles. The summed E-state index contributed by atoms with van der Waals surface area (Å²) >= 11 is 6.13. The SMILES string of the molecule is COc1ccc(S(=O)(=O)N(C)Cc2nc(-c3ccccc3Cl)no2)cc1C. The van der Waals surface area contributed by atoms with Crippen molar-refractivity contribution in [2.75, 3.05) is 14.2 Å². The molecule has 1 aromatic heterocycles. The van der Waals surface area contributed by atoms with Gasteiger partial charge in [-0.3, -0.25) is 0 Å². The number of nitrogens with zero attached hydrogens (tertiary/aromatic N) is 3. The summed E-state index contributed by atoms with van der Waals surface area (Å²) in [6.07, 6.45) is 0. The van der Waals surface area contributed by atoms with Gasteiger partial charge in [0.1, 0.15) is 5.75 Å². The van der Waals surface area contributed by atoms with E-state index in [0.29, 0.717) is 22.2 Å². The van der Waals surface area contributed by atoms with Crippen LogP contribution in [0.1, 0.15) is 11.5 Å². The fourth-order valence-corrected chi connectivity index (χ4v) is 3.96. The monoisotopic (exact) mass is 407 g/mol. The summed E-state index contributed by atoms with van der Waals surface area (Å²) in [5, 5.41) is 4.37. The molecule has 0 bridgehead atoms. The topological polar surface area (TPSA) is 85.5 Å². The summed E-state index contributed by atoms with van der Waals surface area (Å²) < 4.78 is 37.1. The highest BCUT2D eigenvalue weighted by atomic mass is 35.5. The molecule has 0 saturated carbocycles. The van der Waals surface area contributed by atoms with Crippen LogP contribution in [-0.2, 0) is 16.6 Å². The fraction of sp³-hybridized carbons (Fsp3) is 0.222. The standard InChI is InChI=1S/C18H18ClN3O4S/c1-12-10-13(8-9-16(12)25-3)27(23,24)22(2)11-17-20-18(21-26-17)14-6-4-5-7-15(14)19/h4-10H,11H2,1-3H3. The van der Waals surface area contributed by atoms with E-state index in [1.807, 2.05) is 0 Å². The first-order chi connectivity index (χ1) is 12.8. The summed E-state index contributed by atoms with van der Waals surface area (Å²) in [5.41, 5.74) is 1.34. The Labute approximate surface area is 162 Å². The van der Waals surface area contributed by atoms with E-state index in [1.54, 1.807) is 43.3 Å². The normalized spacial score (nSPS) is 11.7. The van der Waals surface area contributed by atoms with E-state index in [0.717, 1.165) is 9.87 Å². The van der Waals surface area contributed by atoms with Gasteiger partial charge in [-0.25, -0.2) is 8.42 Å². The number of hydrogen-bond acceptors (Lipinski definition) is 6. The highest BCUT2D eigenvalue weighted by molar-refractivity contribution is 7.89. The third-order valence-electron chi connectivity index (χ3n) is 4.02. The Morgan fingerprint density at radius 3 is 2.63 bits per heavy atom. The third-order valence-corrected chi connectivity index (χ3v) is 6.14. The largest absolute Gasteiger partial charge is 0.496 e. The summed E-state index contributed by atoms with van der Waals surface area (Å²) in [4.78, 5) is 4.41. The van der Waals surface area contributed by atoms with Gasteiger partial charge in [0.05, 0.1) is 23.6 Å². The Bertz CT molecular complexity index is 1070. The van der Waals surface area contributed by atoms with Gasteiger partial charge >= 0.3 is 0 Å². The van der Waals surface area contributed by atoms with E-state index < -0.39 is 10.0 Å². The summed E-state index contributed by atoms with van der Waals surface area (Å²) in [6, 6.07) is 11.8. The van der Waals surface area contributed by atoms with Gasteiger partial charge < -0.3 is 9.26 Å². The van der Waals surface area contributed by atoms with E-state index >= 15 is 0 Å². The van der Waals surface area contributed by atoms with Crippen LogP contribution in [-0.4, -0.2) is 37.0 Å². The second-order valence-corrected chi connectivity index (χ2v) is 8.34. The van der Waals surface area contributed by atoms with Gasteiger partial charge in [0, 0.05) is 12.6 Å². The maximum Gasteiger partial charge on any atom is 0.243 e. The van der Waals surface area contributed by atoms with Crippen molar-refractivity contribution in [3.8, 4) is 17.1 Å². The van der Waals surface area contributed by atoms with Crippen molar-refractivity contribution in [3.05, 3.63) is 58.9 Å². The number of halogens is 1. The smallest absolute Gasteiger partial charge is 0.243 e. The second kappa shape index (κ2) is 7.67. The van der Waals surface area contributed by atoms with Gasteiger partial charge in [0.25, 0.3) is 0 Å². The van der Waals surface area contributed by atoms with E-state index in [2.05, 4.69) is 10.1 Å². The van der Waals surface area contributed by atoms with Crippen molar-refractivity contribution in [1.82, 2.24) is 14.4 Å². The van der Waals surface area contributed by atoms with E-state index in [9.17, 15) is 8.42 Å². The molecule has 3 rings (SSSR count). The van der Waals surface area contributed by atoms with Crippen LogP contribution in [0, 0.1) is 6.92 Å². The van der Waals surface area contributed by atoms with Crippen LogP contribution < -0.4 is 4.74 Å². The Morgan fingerprint density at radius 2 is 1.96 bits per heavy atom. The molecule has 0 radical (unpaired) electrons. The maximum atomic E-state index is 12.8. The predicted molar refractivity (Wildman–Crippen MR) is 101 cm³/mol. The minimum absolute atomic E-state index is 0.0646. The average molecular weight is 408 g/mol. The van der Waals surface area contributed by atoms with Gasteiger partial charge in [0.15, 0.2) is 0 Å². The fourth-order valence-electron chi connectivity index (χ4n) is 2.54. The Balaban J connectivity index is 1.82. The van der Waals surface area contributed by atoms with Crippen LogP contribution in [0.15, 0.2) is 51.9 Å². The van der Waals surface area contributed by atoms with Crippen LogP contribution in [0.2, 0.25) is 5.02 Å². The van der Waals surface area contributed by atoms with Gasteiger partial charge in [0.2, 0.25) is 21.7 Å². The molecule has 0 atom stereocenters. The number of methoxy groups -OCH3 is 1. The lowest BCUT2D eigenvalue weighted by Gasteiger charge is -2.16. The van der Waals surface area contributed by atoms with Crippen molar-refractivity contribution in [1.29, 1.82) is 0 Å². The van der Waals surface area contributed by atoms with Gasteiger partial charge in [-0.15, -0.1) is 0 Å². The molecule has 7 nitrogen and oxygen atoms in total. The van der Waals surface area contributed by atoms with E-state index in [-0.39, 0.29) is 17.3 Å². The van der Waals surface area contributed by atoms with Gasteiger partial charge in [-0.2, -0.15) is 9.29 Å². The minimum Gasteiger partial charge on any atom is -0.496 e. The van der Waals surface area contributed by atoms with Crippen molar-refractivity contribution in [3.63, 3.8) is 0 Å². The molecule has 0 amide bonds. The first-order valence-corrected chi connectivity index (χ1v) is 9.83. The number of hydrogen-bond donors (Lipinski definition) is 0. The van der Waals surface area contributed by atoms with Crippen LogP contribution >= 0.6 is 11.6 Å². The molecular weight excluding hydrogens is 390 g/mol. The van der Waals surface area contributed by atoms with E-state index in [4.69, 9.17) is 20.9 Å². The maximum absolute atomic E-state index is 12.8. The number of benzene rings is 2.